The lowest BCUT2D eigenvalue weighted by Gasteiger charge is -2.28. The van der Waals surface area contributed by atoms with Crippen LogP contribution in [0, 0.1) is 0 Å². The average molecular weight is 285 g/mol. The molecule has 7 nitrogen and oxygen atoms in total. The molecule has 1 amide bonds. The third kappa shape index (κ3) is 4.94. The van der Waals surface area contributed by atoms with Crippen molar-refractivity contribution < 1.29 is 29.6 Å². The van der Waals surface area contributed by atoms with Crippen LogP contribution in [-0.2, 0) is 0 Å². The van der Waals surface area contributed by atoms with E-state index in [2.05, 4.69) is 5.32 Å². The third-order valence-electron chi connectivity index (χ3n) is 2.47. The van der Waals surface area contributed by atoms with E-state index in [-0.39, 0.29) is 13.2 Å². The van der Waals surface area contributed by atoms with Crippen LogP contribution in [-0.4, -0.2) is 53.4 Å². The molecule has 7 heteroatoms. The van der Waals surface area contributed by atoms with Crippen molar-refractivity contribution in [3.63, 3.8) is 0 Å². The van der Waals surface area contributed by atoms with Crippen molar-refractivity contribution in [2.45, 2.75) is 19.1 Å². The fraction of sp³-hybridized carbons (Fsp3) is 0.462. The largest absolute Gasteiger partial charge is 0.486 e. The maximum atomic E-state index is 9.49. The number of hydrogen-bond acceptors (Lipinski definition) is 5. The molecule has 2 rings (SSSR count). The Kier molecular flexibility index (Phi) is 6.61. The van der Waals surface area contributed by atoms with Gasteiger partial charge in [0.2, 0.25) is 0 Å². The molecule has 0 aromatic heterocycles. The zero-order valence-corrected chi connectivity index (χ0v) is 11.2. The van der Waals surface area contributed by atoms with Crippen LogP contribution in [0.4, 0.5) is 4.79 Å². The quantitative estimate of drug-likeness (QED) is 0.642. The predicted molar refractivity (Wildman–Crippen MR) is 71.1 cm³/mol. The van der Waals surface area contributed by atoms with Crippen LogP contribution in [0.1, 0.15) is 6.92 Å². The van der Waals surface area contributed by atoms with Crippen molar-refractivity contribution in [3.05, 3.63) is 24.3 Å². The molecule has 0 aliphatic carbocycles. The van der Waals surface area contributed by atoms with Gasteiger partial charge in [0.05, 0.1) is 6.61 Å². The number of carbonyl (C=O) groups is 1. The van der Waals surface area contributed by atoms with E-state index in [4.69, 9.17) is 19.7 Å². The Labute approximate surface area is 116 Å². The Morgan fingerprint density at radius 2 is 2.10 bits per heavy atom. The highest BCUT2D eigenvalue weighted by atomic mass is 16.6. The SMILES string of the molecule is CCNC(=O)O.OCC(O)C1COc2ccccc2O1. The number of hydrogen-bond donors (Lipinski definition) is 4. The Morgan fingerprint density at radius 1 is 1.45 bits per heavy atom. The summed E-state index contributed by atoms with van der Waals surface area (Å²) in [7, 11) is 0. The van der Waals surface area contributed by atoms with E-state index in [9.17, 15) is 9.90 Å². The van der Waals surface area contributed by atoms with Gasteiger partial charge in [-0.2, -0.15) is 0 Å². The van der Waals surface area contributed by atoms with Gasteiger partial charge in [0.1, 0.15) is 12.7 Å². The molecular formula is C13H19NO6. The van der Waals surface area contributed by atoms with Crippen LogP contribution >= 0.6 is 0 Å². The first-order valence-electron chi connectivity index (χ1n) is 6.22. The number of fused-ring (bicyclic) bond motifs is 1. The van der Waals surface area contributed by atoms with Gasteiger partial charge in [0.15, 0.2) is 17.6 Å². The summed E-state index contributed by atoms with van der Waals surface area (Å²) >= 11 is 0. The molecule has 112 valence electrons. The summed E-state index contributed by atoms with van der Waals surface area (Å²) in [6.07, 6.45) is -2.35. The Morgan fingerprint density at radius 3 is 2.60 bits per heavy atom. The fourth-order valence-corrected chi connectivity index (χ4v) is 1.49. The van der Waals surface area contributed by atoms with Crippen molar-refractivity contribution in [3.8, 4) is 11.5 Å². The smallest absolute Gasteiger partial charge is 0.404 e. The van der Waals surface area contributed by atoms with Crippen LogP contribution in [0.15, 0.2) is 24.3 Å². The molecule has 0 radical (unpaired) electrons. The molecule has 0 saturated heterocycles. The first-order chi connectivity index (χ1) is 9.58. The molecule has 2 unspecified atom stereocenters. The van der Waals surface area contributed by atoms with Crippen LogP contribution in [0.5, 0.6) is 11.5 Å². The minimum atomic E-state index is -0.961. The summed E-state index contributed by atoms with van der Waals surface area (Å²) in [6.45, 7) is 2.15. The summed E-state index contributed by atoms with van der Waals surface area (Å²) in [5.41, 5.74) is 0. The van der Waals surface area contributed by atoms with Crippen LogP contribution < -0.4 is 14.8 Å². The zero-order chi connectivity index (χ0) is 15.0. The summed E-state index contributed by atoms with van der Waals surface area (Å²) in [6, 6.07) is 7.25. The second-order valence-corrected chi connectivity index (χ2v) is 4.00. The maximum Gasteiger partial charge on any atom is 0.404 e. The third-order valence-corrected chi connectivity index (χ3v) is 2.47. The number of benzene rings is 1. The van der Waals surface area contributed by atoms with Crippen molar-refractivity contribution >= 4 is 6.09 Å². The topological polar surface area (TPSA) is 108 Å². The second kappa shape index (κ2) is 8.23. The first-order valence-corrected chi connectivity index (χ1v) is 6.22. The molecule has 1 aromatic carbocycles. The minimum absolute atomic E-state index is 0.263. The van der Waals surface area contributed by atoms with Gasteiger partial charge < -0.3 is 30.1 Å². The standard InChI is InChI=1S/C10H12O4.C3H7NO2/c11-5-7(12)10-6-13-8-3-1-2-4-9(8)14-10;1-2-4-3(5)6/h1-4,7,10-12H,5-6H2;4H,2H2,1H3,(H,5,6). The lowest BCUT2D eigenvalue weighted by molar-refractivity contribution is -0.0346. The summed E-state index contributed by atoms with van der Waals surface area (Å²) in [5.74, 6) is 1.28. The molecule has 0 saturated carbocycles. The van der Waals surface area contributed by atoms with Gasteiger partial charge in [0.25, 0.3) is 0 Å². The van der Waals surface area contributed by atoms with Crippen molar-refractivity contribution in [2.75, 3.05) is 19.8 Å². The number of amides is 1. The number of aliphatic hydroxyl groups is 2. The highest BCUT2D eigenvalue weighted by molar-refractivity contribution is 5.64. The number of para-hydroxylation sites is 2. The van der Waals surface area contributed by atoms with Gasteiger partial charge in [0, 0.05) is 6.54 Å². The molecule has 4 N–H and O–H groups in total. The van der Waals surface area contributed by atoms with E-state index in [1.165, 1.54) is 0 Å². The number of aliphatic hydroxyl groups excluding tert-OH is 2. The van der Waals surface area contributed by atoms with Gasteiger partial charge in [-0.3, -0.25) is 0 Å². The molecule has 2 atom stereocenters. The Bertz CT molecular complexity index is 425. The van der Waals surface area contributed by atoms with E-state index < -0.39 is 18.3 Å². The van der Waals surface area contributed by atoms with Crippen molar-refractivity contribution in [1.29, 1.82) is 0 Å². The number of rotatable bonds is 3. The monoisotopic (exact) mass is 285 g/mol. The maximum absolute atomic E-state index is 9.49. The van der Waals surface area contributed by atoms with Gasteiger partial charge in [-0.1, -0.05) is 12.1 Å². The predicted octanol–water partition coefficient (Wildman–Crippen LogP) is 0.453. The summed E-state index contributed by atoms with van der Waals surface area (Å²) < 4.78 is 10.8. The van der Waals surface area contributed by atoms with Crippen molar-refractivity contribution in [2.24, 2.45) is 0 Å². The number of nitrogens with one attached hydrogen (secondary N) is 1. The van der Waals surface area contributed by atoms with Gasteiger partial charge >= 0.3 is 6.09 Å². The van der Waals surface area contributed by atoms with Crippen molar-refractivity contribution in [1.82, 2.24) is 5.32 Å². The van der Waals surface area contributed by atoms with Gasteiger partial charge in [-0.25, -0.2) is 4.79 Å². The molecular weight excluding hydrogens is 266 g/mol. The number of carboxylic acid groups (broad SMARTS) is 1. The molecule has 1 aliphatic heterocycles. The molecule has 0 bridgehead atoms. The average Bonchev–Trinajstić information content (AvgIpc) is 2.46. The Balaban J connectivity index is 0.000000286. The van der Waals surface area contributed by atoms with E-state index in [0.29, 0.717) is 18.0 Å². The molecule has 0 fully saturated rings. The Hall–Kier alpha value is -1.99. The van der Waals surface area contributed by atoms with Crippen LogP contribution in [0.3, 0.4) is 0 Å². The molecule has 20 heavy (non-hydrogen) atoms. The van der Waals surface area contributed by atoms with E-state index in [1.807, 2.05) is 12.1 Å². The highest BCUT2D eigenvalue weighted by Gasteiger charge is 2.26. The summed E-state index contributed by atoms with van der Waals surface area (Å²) in [5, 5.41) is 28.0. The molecule has 1 aliphatic rings. The lowest BCUT2D eigenvalue weighted by Crippen LogP contribution is -2.41. The van der Waals surface area contributed by atoms with Crippen LogP contribution in [0.25, 0.3) is 0 Å². The van der Waals surface area contributed by atoms with Crippen LogP contribution in [0.2, 0.25) is 0 Å². The van der Waals surface area contributed by atoms with E-state index in [0.717, 1.165) is 0 Å². The number of ether oxygens (including phenoxy) is 2. The lowest BCUT2D eigenvalue weighted by atomic mass is 10.2. The highest BCUT2D eigenvalue weighted by Crippen LogP contribution is 2.31. The van der Waals surface area contributed by atoms with Gasteiger partial charge in [-0.05, 0) is 19.1 Å². The first kappa shape index (κ1) is 16.1. The van der Waals surface area contributed by atoms with E-state index in [1.54, 1.807) is 19.1 Å². The zero-order valence-electron chi connectivity index (χ0n) is 11.2. The van der Waals surface area contributed by atoms with Gasteiger partial charge in [-0.15, -0.1) is 0 Å². The fourth-order valence-electron chi connectivity index (χ4n) is 1.49. The second-order valence-electron chi connectivity index (χ2n) is 4.00. The molecule has 0 spiro atoms. The summed E-state index contributed by atoms with van der Waals surface area (Å²) in [4.78, 5) is 9.49. The molecule has 1 aromatic rings. The van der Waals surface area contributed by atoms with E-state index >= 15 is 0 Å². The molecule has 1 heterocycles. The normalized spacial score (nSPS) is 17.4. The minimum Gasteiger partial charge on any atom is -0.486 e.